The highest BCUT2D eigenvalue weighted by molar-refractivity contribution is 5.61. The van der Waals surface area contributed by atoms with Crippen LogP contribution in [0.2, 0.25) is 0 Å². The first-order chi connectivity index (χ1) is 10.3. The van der Waals surface area contributed by atoms with Crippen molar-refractivity contribution in [2.75, 3.05) is 19.2 Å². The molecule has 112 valence electrons. The van der Waals surface area contributed by atoms with Crippen LogP contribution in [0.4, 0.5) is 0 Å². The molecule has 0 aromatic carbocycles. The summed E-state index contributed by atoms with van der Waals surface area (Å²) < 4.78 is 2.02. The molecule has 1 aliphatic carbocycles. The van der Waals surface area contributed by atoms with Crippen LogP contribution in [0.15, 0.2) is 18.6 Å². The molecule has 0 radical (unpaired) electrons. The fourth-order valence-corrected chi connectivity index (χ4v) is 3.96. The summed E-state index contributed by atoms with van der Waals surface area (Å²) >= 11 is 0. The molecule has 3 aliphatic heterocycles. The van der Waals surface area contributed by atoms with Crippen molar-refractivity contribution in [1.29, 1.82) is 0 Å². The number of fused-ring (bicyclic) bond motifs is 3. The molecule has 6 nitrogen and oxygen atoms in total. The molecular weight excluding hydrogens is 266 g/mol. The molecule has 1 fully saturated rings. The Morgan fingerprint density at radius 1 is 1.29 bits per heavy atom. The largest absolute Gasteiger partial charge is 0.396 e. The van der Waals surface area contributed by atoms with E-state index < -0.39 is 0 Å². The molecule has 6 heteroatoms. The van der Waals surface area contributed by atoms with E-state index in [1.54, 1.807) is 0 Å². The third-order valence-corrected chi connectivity index (χ3v) is 5.07. The molecule has 0 bridgehead atoms. The van der Waals surface area contributed by atoms with Crippen LogP contribution in [-0.2, 0) is 0 Å². The maximum Gasteiger partial charge on any atom is 0.162 e. The summed E-state index contributed by atoms with van der Waals surface area (Å²) in [4.78, 5) is 8.70. The van der Waals surface area contributed by atoms with Crippen molar-refractivity contribution in [3.63, 3.8) is 0 Å². The van der Waals surface area contributed by atoms with Crippen molar-refractivity contribution in [2.45, 2.75) is 31.7 Å². The fourth-order valence-electron chi connectivity index (χ4n) is 3.96. The Bertz CT molecular complexity index is 604. The van der Waals surface area contributed by atoms with Gasteiger partial charge in [-0.05, 0) is 43.6 Å². The SMILES string of the molecule is CN1Nn2cnc3nccc-3c2C1C1CCC(CO)CC1. The fraction of sp³-hybridized carbons (Fsp3) is 0.600. The summed E-state index contributed by atoms with van der Waals surface area (Å²) in [6, 6.07) is 2.40. The van der Waals surface area contributed by atoms with E-state index in [1.165, 1.54) is 18.5 Å². The van der Waals surface area contributed by atoms with Crippen LogP contribution in [-0.4, -0.2) is 38.4 Å². The Kier molecular flexibility index (Phi) is 3.08. The maximum atomic E-state index is 9.32. The van der Waals surface area contributed by atoms with Crippen LogP contribution in [0.3, 0.4) is 0 Å². The van der Waals surface area contributed by atoms with Crippen molar-refractivity contribution in [3.05, 3.63) is 24.3 Å². The molecule has 4 aliphatic rings. The van der Waals surface area contributed by atoms with Gasteiger partial charge >= 0.3 is 0 Å². The van der Waals surface area contributed by atoms with Crippen molar-refractivity contribution >= 4 is 0 Å². The summed E-state index contributed by atoms with van der Waals surface area (Å²) in [5, 5.41) is 11.5. The first-order valence-electron chi connectivity index (χ1n) is 7.70. The lowest BCUT2D eigenvalue weighted by Crippen LogP contribution is -2.32. The van der Waals surface area contributed by atoms with Crippen LogP contribution >= 0.6 is 0 Å². The molecule has 1 unspecified atom stereocenters. The molecule has 0 aromatic rings. The van der Waals surface area contributed by atoms with Crippen LogP contribution in [0.1, 0.15) is 37.4 Å². The second kappa shape index (κ2) is 4.96. The lowest BCUT2D eigenvalue weighted by molar-refractivity contribution is 0.124. The Morgan fingerprint density at radius 3 is 2.86 bits per heavy atom. The molecule has 1 atom stereocenters. The van der Waals surface area contributed by atoms with E-state index in [2.05, 4.69) is 33.6 Å². The molecule has 2 N–H and O–H groups in total. The molecule has 0 amide bonds. The molecule has 1 saturated carbocycles. The third-order valence-electron chi connectivity index (χ3n) is 5.07. The predicted molar refractivity (Wildman–Crippen MR) is 79.0 cm³/mol. The molecule has 0 saturated heterocycles. The number of nitrogens with one attached hydrogen (secondary N) is 1. The second-order valence-corrected chi connectivity index (χ2v) is 6.30. The minimum Gasteiger partial charge on any atom is -0.396 e. The van der Waals surface area contributed by atoms with Crippen molar-refractivity contribution < 1.29 is 5.11 Å². The molecule has 3 heterocycles. The highest BCUT2D eigenvalue weighted by Gasteiger charge is 2.38. The quantitative estimate of drug-likeness (QED) is 0.879. The number of hydrogen-bond acceptors (Lipinski definition) is 5. The van der Waals surface area contributed by atoms with E-state index in [1.807, 2.05) is 17.2 Å². The van der Waals surface area contributed by atoms with Crippen LogP contribution in [0.25, 0.3) is 11.4 Å². The van der Waals surface area contributed by atoms with Gasteiger partial charge in [0.1, 0.15) is 6.33 Å². The van der Waals surface area contributed by atoms with Gasteiger partial charge in [-0.2, -0.15) is 0 Å². The van der Waals surface area contributed by atoms with Gasteiger partial charge in [0, 0.05) is 25.4 Å². The zero-order valence-electron chi connectivity index (χ0n) is 12.2. The van der Waals surface area contributed by atoms with Crippen molar-refractivity contribution in [2.24, 2.45) is 11.8 Å². The maximum absolute atomic E-state index is 9.32. The second-order valence-electron chi connectivity index (χ2n) is 6.30. The van der Waals surface area contributed by atoms with Gasteiger partial charge < -0.3 is 5.11 Å². The zero-order chi connectivity index (χ0) is 14.4. The summed E-state index contributed by atoms with van der Waals surface area (Å²) in [5.41, 5.74) is 5.78. The molecule has 0 aromatic heterocycles. The van der Waals surface area contributed by atoms with Crippen LogP contribution in [0.5, 0.6) is 0 Å². The normalized spacial score (nSPS) is 29.5. The van der Waals surface area contributed by atoms with Gasteiger partial charge in [0.15, 0.2) is 5.82 Å². The Hall–Kier alpha value is -1.66. The number of nitrogens with zero attached hydrogens (tertiary/aromatic N) is 4. The highest BCUT2D eigenvalue weighted by Crippen LogP contribution is 2.43. The number of aromatic nitrogens is 3. The van der Waals surface area contributed by atoms with E-state index in [0.717, 1.165) is 24.2 Å². The van der Waals surface area contributed by atoms with Gasteiger partial charge in [-0.3, -0.25) is 5.53 Å². The smallest absolute Gasteiger partial charge is 0.162 e. The van der Waals surface area contributed by atoms with Crippen LogP contribution in [0, 0.1) is 11.8 Å². The number of aliphatic hydroxyl groups excluding tert-OH is 1. The Morgan fingerprint density at radius 2 is 2.10 bits per heavy atom. The summed E-state index contributed by atoms with van der Waals surface area (Å²) in [6.45, 7) is 0.331. The Balaban J connectivity index is 1.67. The van der Waals surface area contributed by atoms with Crippen LogP contribution < -0.4 is 5.53 Å². The van der Waals surface area contributed by atoms with E-state index in [0.29, 0.717) is 24.5 Å². The minimum atomic E-state index is 0.331. The van der Waals surface area contributed by atoms with Gasteiger partial charge in [-0.25, -0.2) is 19.7 Å². The molecular formula is C15H21N5O. The Labute approximate surface area is 124 Å². The first-order valence-corrected chi connectivity index (χ1v) is 7.70. The zero-order valence-corrected chi connectivity index (χ0v) is 12.2. The van der Waals surface area contributed by atoms with Gasteiger partial charge in [-0.1, -0.05) is 0 Å². The van der Waals surface area contributed by atoms with E-state index in [4.69, 9.17) is 0 Å². The van der Waals surface area contributed by atoms with Crippen molar-refractivity contribution in [3.8, 4) is 11.4 Å². The molecule has 4 rings (SSSR count). The monoisotopic (exact) mass is 287 g/mol. The average molecular weight is 287 g/mol. The number of aliphatic hydroxyl groups is 1. The summed E-state index contributed by atoms with van der Waals surface area (Å²) in [6.07, 6.45) is 8.23. The van der Waals surface area contributed by atoms with Gasteiger partial charge in [0.25, 0.3) is 0 Å². The number of hydrogen-bond donors (Lipinski definition) is 2. The van der Waals surface area contributed by atoms with Gasteiger partial charge in [-0.15, -0.1) is 0 Å². The number of hydrazine groups is 1. The van der Waals surface area contributed by atoms with Crippen molar-refractivity contribution in [1.82, 2.24) is 19.7 Å². The van der Waals surface area contributed by atoms with E-state index >= 15 is 0 Å². The predicted octanol–water partition coefficient (Wildman–Crippen LogP) is 1.63. The average Bonchev–Trinajstić information content (AvgIpc) is 3.10. The molecule has 21 heavy (non-hydrogen) atoms. The lowest BCUT2D eigenvalue weighted by Gasteiger charge is -2.33. The van der Waals surface area contributed by atoms with E-state index in [-0.39, 0.29) is 0 Å². The molecule has 0 spiro atoms. The first kappa shape index (κ1) is 13.0. The lowest BCUT2D eigenvalue weighted by atomic mass is 9.77. The summed E-state index contributed by atoms with van der Waals surface area (Å²) in [7, 11) is 2.10. The van der Waals surface area contributed by atoms with Gasteiger partial charge in [0.2, 0.25) is 0 Å². The minimum absolute atomic E-state index is 0.331. The van der Waals surface area contributed by atoms with Gasteiger partial charge in [0.05, 0.1) is 11.7 Å². The third kappa shape index (κ3) is 2.01. The van der Waals surface area contributed by atoms with E-state index in [9.17, 15) is 5.11 Å². The highest BCUT2D eigenvalue weighted by atomic mass is 16.3. The summed E-state index contributed by atoms with van der Waals surface area (Å²) in [5.74, 6) is 1.93. The topological polar surface area (TPSA) is 66.2 Å². The standard InChI is InChI=1S/C15H21N5O/c1-19-13(11-4-2-10(8-21)3-5-11)14-12-6-7-16-15(12)17-9-20(14)18-19/h6-7,9-11,13,18,21H,2-5,8H2,1H3. The number of rotatable bonds is 2.